The van der Waals surface area contributed by atoms with Gasteiger partial charge in [0.05, 0.1) is 0 Å². The summed E-state index contributed by atoms with van der Waals surface area (Å²) in [5.41, 5.74) is 0.976. The normalized spacial score (nSPS) is 17.5. The van der Waals surface area contributed by atoms with E-state index < -0.39 is 0 Å². The average Bonchev–Trinajstić information content (AvgIpc) is 2.30. The lowest BCUT2D eigenvalue weighted by Gasteiger charge is -2.29. The van der Waals surface area contributed by atoms with E-state index in [4.69, 9.17) is 0 Å². The van der Waals surface area contributed by atoms with Crippen molar-refractivity contribution < 1.29 is 4.79 Å². The molecule has 0 bridgehead atoms. The number of piperidine rings is 1. The first-order chi connectivity index (χ1) is 7.66. The van der Waals surface area contributed by atoms with E-state index in [9.17, 15) is 4.79 Å². The number of hydrogen-bond acceptors (Lipinski definition) is 3. The van der Waals surface area contributed by atoms with Crippen LogP contribution in [0.5, 0.6) is 0 Å². The van der Waals surface area contributed by atoms with Gasteiger partial charge in [-0.1, -0.05) is 6.92 Å². The molecule has 86 valence electrons. The van der Waals surface area contributed by atoms with E-state index in [0.717, 1.165) is 37.4 Å². The van der Waals surface area contributed by atoms with Crippen LogP contribution in [0.2, 0.25) is 0 Å². The highest BCUT2D eigenvalue weighted by molar-refractivity contribution is 5.90. The summed E-state index contributed by atoms with van der Waals surface area (Å²) in [4.78, 5) is 22.0. The second-order valence-electron chi connectivity index (χ2n) is 4.56. The lowest BCUT2D eigenvalue weighted by atomic mass is 9.99. The van der Waals surface area contributed by atoms with Gasteiger partial charge in [0.15, 0.2) is 0 Å². The van der Waals surface area contributed by atoms with Crippen molar-refractivity contribution in [3.05, 3.63) is 23.8 Å². The highest BCUT2D eigenvalue weighted by atomic mass is 16.2. The second kappa shape index (κ2) is 4.60. The Bertz CT molecular complexity index is 366. The molecule has 1 amide bonds. The molecule has 0 unspecified atom stereocenters. The number of carbonyl (C=O) groups is 1. The van der Waals surface area contributed by atoms with Gasteiger partial charge in [-0.05, 0) is 31.2 Å². The van der Waals surface area contributed by atoms with Crippen LogP contribution in [0.1, 0.15) is 35.9 Å². The van der Waals surface area contributed by atoms with Crippen LogP contribution < -0.4 is 0 Å². The summed E-state index contributed by atoms with van der Waals surface area (Å²) in [6.07, 6.45) is 5.54. The molecule has 0 atom stereocenters. The summed E-state index contributed by atoms with van der Waals surface area (Å²) < 4.78 is 0. The fraction of sp³-hybridized carbons (Fsp3) is 0.583. The number of amides is 1. The minimum atomic E-state index is -0.0353. The van der Waals surface area contributed by atoms with Gasteiger partial charge in [-0.15, -0.1) is 0 Å². The molecule has 1 aliphatic rings. The van der Waals surface area contributed by atoms with Crippen LogP contribution in [0, 0.1) is 12.8 Å². The third kappa shape index (κ3) is 2.38. The molecule has 1 fully saturated rings. The number of nitrogens with zero attached hydrogens (tertiary/aromatic N) is 3. The summed E-state index contributed by atoms with van der Waals surface area (Å²) in [7, 11) is 0. The predicted octanol–water partition coefficient (Wildman–Crippen LogP) is 1.66. The third-order valence-electron chi connectivity index (χ3n) is 3.04. The molecular weight excluding hydrogens is 202 g/mol. The number of aromatic nitrogens is 2. The molecule has 2 rings (SSSR count). The first-order valence-corrected chi connectivity index (χ1v) is 5.74. The molecule has 0 spiro atoms. The molecule has 2 heterocycles. The van der Waals surface area contributed by atoms with Crippen molar-refractivity contribution in [2.75, 3.05) is 13.1 Å². The lowest BCUT2D eigenvalue weighted by Crippen LogP contribution is -2.38. The smallest absolute Gasteiger partial charge is 0.291 e. The molecule has 1 saturated heterocycles. The Hall–Kier alpha value is -1.45. The fourth-order valence-corrected chi connectivity index (χ4v) is 1.86. The van der Waals surface area contributed by atoms with Crippen molar-refractivity contribution >= 4 is 5.91 Å². The highest BCUT2D eigenvalue weighted by Gasteiger charge is 2.22. The van der Waals surface area contributed by atoms with Gasteiger partial charge < -0.3 is 4.90 Å². The molecule has 0 saturated carbocycles. The third-order valence-corrected chi connectivity index (χ3v) is 3.04. The summed E-state index contributed by atoms with van der Waals surface area (Å²) in [5.74, 6) is 1.01. The maximum absolute atomic E-state index is 12.0. The Morgan fingerprint density at radius 2 is 1.88 bits per heavy atom. The molecule has 0 aliphatic carbocycles. The Balaban J connectivity index is 2.05. The van der Waals surface area contributed by atoms with Gasteiger partial charge in [-0.2, -0.15) is 0 Å². The molecule has 16 heavy (non-hydrogen) atoms. The Labute approximate surface area is 95.7 Å². The topological polar surface area (TPSA) is 46.1 Å². The maximum Gasteiger partial charge on any atom is 0.291 e. The number of hydrogen-bond donors (Lipinski definition) is 0. The van der Waals surface area contributed by atoms with Crippen LogP contribution in [0.4, 0.5) is 0 Å². The van der Waals surface area contributed by atoms with E-state index in [0.29, 0.717) is 5.82 Å². The molecule has 0 N–H and O–H groups in total. The molecule has 0 radical (unpaired) electrons. The van der Waals surface area contributed by atoms with Gasteiger partial charge >= 0.3 is 0 Å². The minimum Gasteiger partial charge on any atom is -0.336 e. The maximum atomic E-state index is 12.0. The summed E-state index contributed by atoms with van der Waals surface area (Å²) in [5, 5.41) is 0. The van der Waals surface area contributed by atoms with Gasteiger partial charge in [-0.25, -0.2) is 9.97 Å². The van der Waals surface area contributed by atoms with Crippen LogP contribution >= 0.6 is 0 Å². The van der Waals surface area contributed by atoms with Gasteiger partial charge in [0.25, 0.3) is 5.91 Å². The Morgan fingerprint density at radius 1 is 1.31 bits per heavy atom. The lowest BCUT2D eigenvalue weighted by molar-refractivity contribution is 0.0684. The van der Waals surface area contributed by atoms with E-state index in [1.807, 2.05) is 11.8 Å². The number of likely N-dealkylation sites (tertiary alicyclic amines) is 1. The standard InChI is InChI=1S/C12H17N3O/c1-9-3-5-15(6-4-9)12(16)11-13-7-10(2)8-14-11/h7-9H,3-6H2,1-2H3. The van der Waals surface area contributed by atoms with Crippen molar-refractivity contribution in [3.63, 3.8) is 0 Å². The van der Waals surface area contributed by atoms with Gasteiger partial charge in [-0.3, -0.25) is 4.79 Å². The Morgan fingerprint density at radius 3 is 2.44 bits per heavy atom. The first kappa shape index (κ1) is 11.0. The molecular formula is C12H17N3O. The van der Waals surface area contributed by atoms with Gasteiger partial charge in [0.2, 0.25) is 5.82 Å². The molecule has 4 heteroatoms. The van der Waals surface area contributed by atoms with Crippen molar-refractivity contribution in [3.8, 4) is 0 Å². The zero-order valence-corrected chi connectivity index (χ0v) is 9.81. The van der Waals surface area contributed by atoms with E-state index in [1.165, 1.54) is 0 Å². The first-order valence-electron chi connectivity index (χ1n) is 5.74. The van der Waals surface area contributed by atoms with Crippen molar-refractivity contribution in [2.24, 2.45) is 5.92 Å². The second-order valence-corrected chi connectivity index (χ2v) is 4.56. The fourth-order valence-electron chi connectivity index (χ4n) is 1.86. The van der Waals surface area contributed by atoms with E-state index >= 15 is 0 Å². The largest absolute Gasteiger partial charge is 0.336 e. The zero-order valence-electron chi connectivity index (χ0n) is 9.81. The molecule has 1 aromatic rings. The van der Waals surface area contributed by atoms with Crippen LogP contribution in [0.3, 0.4) is 0 Å². The highest BCUT2D eigenvalue weighted by Crippen LogP contribution is 2.17. The van der Waals surface area contributed by atoms with E-state index in [2.05, 4.69) is 16.9 Å². The van der Waals surface area contributed by atoms with Crippen molar-refractivity contribution in [2.45, 2.75) is 26.7 Å². The Kier molecular flexibility index (Phi) is 3.17. The van der Waals surface area contributed by atoms with E-state index in [1.54, 1.807) is 12.4 Å². The summed E-state index contributed by atoms with van der Waals surface area (Å²) >= 11 is 0. The number of carbonyl (C=O) groups excluding carboxylic acids is 1. The summed E-state index contributed by atoms with van der Waals surface area (Å²) in [6.45, 7) is 5.80. The van der Waals surface area contributed by atoms with Crippen LogP contribution in [-0.2, 0) is 0 Å². The molecule has 0 aromatic carbocycles. The zero-order chi connectivity index (χ0) is 11.5. The van der Waals surface area contributed by atoms with Crippen molar-refractivity contribution in [1.82, 2.24) is 14.9 Å². The van der Waals surface area contributed by atoms with Crippen molar-refractivity contribution in [1.29, 1.82) is 0 Å². The van der Waals surface area contributed by atoms with E-state index in [-0.39, 0.29) is 5.91 Å². The van der Waals surface area contributed by atoms with Crippen LogP contribution in [0.25, 0.3) is 0 Å². The van der Waals surface area contributed by atoms with Gasteiger partial charge in [0.1, 0.15) is 0 Å². The molecule has 1 aromatic heterocycles. The number of rotatable bonds is 1. The number of aryl methyl sites for hydroxylation is 1. The summed E-state index contributed by atoms with van der Waals surface area (Å²) in [6, 6.07) is 0. The van der Waals surface area contributed by atoms with Crippen LogP contribution in [-0.4, -0.2) is 33.9 Å². The average molecular weight is 219 g/mol. The SMILES string of the molecule is Cc1cnc(C(=O)N2CCC(C)CC2)nc1. The van der Waals surface area contributed by atoms with Crippen LogP contribution in [0.15, 0.2) is 12.4 Å². The predicted molar refractivity (Wildman–Crippen MR) is 61.1 cm³/mol. The van der Waals surface area contributed by atoms with Gasteiger partial charge in [0, 0.05) is 25.5 Å². The molecule has 4 nitrogen and oxygen atoms in total. The molecule has 1 aliphatic heterocycles. The minimum absolute atomic E-state index is 0.0353. The quantitative estimate of drug-likeness (QED) is 0.721. The monoisotopic (exact) mass is 219 g/mol.